The molecule has 0 bridgehead atoms. The molecule has 17 heavy (non-hydrogen) atoms. The van der Waals surface area contributed by atoms with Gasteiger partial charge in [-0.2, -0.15) is 0 Å². The molecule has 4 nitrogen and oxygen atoms in total. The Labute approximate surface area is 110 Å². The zero-order valence-electron chi connectivity index (χ0n) is 8.71. The van der Waals surface area contributed by atoms with Gasteiger partial charge in [-0.15, -0.1) is 0 Å². The van der Waals surface area contributed by atoms with Crippen LogP contribution in [0.15, 0.2) is 42.7 Å². The summed E-state index contributed by atoms with van der Waals surface area (Å²) in [5.41, 5.74) is 4.36. The molecule has 82 valence electrons. The second-order valence-electron chi connectivity index (χ2n) is 3.88. The second-order valence-corrected chi connectivity index (χ2v) is 4.85. The van der Waals surface area contributed by atoms with Crippen molar-refractivity contribution in [2.24, 2.45) is 0 Å². The number of benzene rings is 1. The molecule has 0 aliphatic carbocycles. The summed E-state index contributed by atoms with van der Waals surface area (Å²) in [6.07, 6.45) is 3.69. The van der Waals surface area contributed by atoms with Crippen LogP contribution in [0.2, 0.25) is 0 Å². The minimum absolute atomic E-state index is 0.940. The molecule has 0 unspecified atom stereocenters. The third-order valence-electron chi connectivity index (χ3n) is 2.95. The van der Waals surface area contributed by atoms with Crippen molar-refractivity contribution in [3.63, 3.8) is 0 Å². The van der Waals surface area contributed by atoms with Gasteiger partial charge >= 0.3 is 0 Å². The highest BCUT2D eigenvalue weighted by Crippen LogP contribution is 2.26. The molecule has 0 N–H and O–H groups in total. The molecule has 0 amide bonds. The van der Waals surface area contributed by atoms with Crippen molar-refractivity contribution in [3.05, 3.63) is 42.7 Å². The molecule has 0 fully saturated rings. The number of halogens is 1. The summed E-state index contributed by atoms with van der Waals surface area (Å²) in [6.45, 7) is 0. The van der Waals surface area contributed by atoms with Gasteiger partial charge in [-0.05, 0) is 18.2 Å². The lowest BCUT2D eigenvalue weighted by atomic mass is 10.3. The van der Waals surface area contributed by atoms with Crippen molar-refractivity contribution in [2.75, 3.05) is 0 Å². The van der Waals surface area contributed by atoms with Gasteiger partial charge in [-0.25, -0.2) is 7.76 Å². The number of para-hydroxylation sites is 2. The molecule has 3 heterocycles. The quantitative estimate of drug-likeness (QED) is 0.464. The molecular weight excluding hydrogens is 327 g/mol. The molecular formula is C12H7IN4. The minimum Gasteiger partial charge on any atom is -0.274 e. The van der Waals surface area contributed by atoms with Crippen molar-refractivity contribution < 1.29 is 0 Å². The van der Waals surface area contributed by atoms with Crippen molar-refractivity contribution in [1.29, 1.82) is 0 Å². The first kappa shape index (κ1) is 9.41. The van der Waals surface area contributed by atoms with Crippen LogP contribution in [0.1, 0.15) is 0 Å². The second kappa shape index (κ2) is 3.19. The number of hydrogen-bond donors (Lipinski definition) is 0. The SMILES string of the molecule is In1c2ccncc2n2c3ccccc3nc12. The lowest BCUT2D eigenvalue weighted by Gasteiger charge is -1.92. The maximum atomic E-state index is 4.64. The van der Waals surface area contributed by atoms with Crippen LogP contribution in [0.4, 0.5) is 0 Å². The van der Waals surface area contributed by atoms with E-state index in [1.807, 2.05) is 30.5 Å². The van der Waals surface area contributed by atoms with Gasteiger partial charge in [0.2, 0.25) is 5.78 Å². The van der Waals surface area contributed by atoms with Crippen LogP contribution in [0, 0.1) is 0 Å². The fraction of sp³-hybridized carbons (Fsp3) is 0. The summed E-state index contributed by atoms with van der Waals surface area (Å²) < 4.78 is 4.21. The average molecular weight is 334 g/mol. The van der Waals surface area contributed by atoms with E-state index in [0.717, 1.165) is 27.8 Å². The van der Waals surface area contributed by atoms with E-state index < -0.39 is 0 Å². The van der Waals surface area contributed by atoms with Crippen LogP contribution in [0.5, 0.6) is 0 Å². The first-order chi connectivity index (χ1) is 8.36. The zero-order valence-corrected chi connectivity index (χ0v) is 10.9. The van der Waals surface area contributed by atoms with Gasteiger partial charge in [-0.3, -0.25) is 9.38 Å². The van der Waals surface area contributed by atoms with Crippen LogP contribution in [-0.2, 0) is 0 Å². The minimum atomic E-state index is 0.940. The monoisotopic (exact) mass is 334 g/mol. The molecule has 0 saturated heterocycles. The summed E-state index contributed by atoms with van der Waals surface area (Å²) in [6, 6.07) is 10.2. The van der Waals surface area contributed by atoms with Gasteiger partial charge in [-0.1, -0.05) is 12.1 Å². The number of aromatic nitrogens is 4. The molecule has 3 aromatic heterocycles. The van der Waals surface area contributed by atoms with E-state index in [1.54, 1.807) is 6.20 Å². The third kappa shape index (κ3) is 1.12. The van der Waals surface area contributed by atoms with Crippen LogP contribution >= 0.6 is 22.9 Å². The van der Waals surface area contributed by atoms with Crippen molar-refractivity contribution in [1.82, 2.24) is 17.1 Å². The predicted octanol–water partition coefficient (Wildman–Crippen LogP) is 3.04. The molecule has 0 aliphatic rings. The fourth-order valence-electron chi connectivity index (χ4n) is 2.21. The highest BCUT2D eigenvalue weighted by atomic mass is 127. The van der Waals surface area contributed by atoms with Crippen molar-refractivity contribution in [3.8, 4) is 0 Å². The van der Waals surface area contributed by atoms with E-state index in [2.05, 4.69) is 46.1 Å². The lowest BCUT2D eigenvalue weighted by molar-refractivity contribution is 1.25. The summed E-state index contributed by atoms with van der Waals surface area (Å²) in [4.78, 5) is 8.84. The molecule has 4 aromatic rings. The van der Waals surface area contributed by atoms with E-state index in [-0.39, 0.29) is 0 Å². The normalized spacial score (nSPS) is 11.8. The van der Waals surface area contributed by atoms with Gasteiger partial charge in [0.15, 0.2) is 0 Å². The van der Waals surface area contributed by atoms with Gasteiger partial charge in [0.25, 0.3) is 0 Å². The Morgan fingerprint density at radius 1 is 1.00 bits per heavy atom. The van der Waals surface area contributed by atoms with E-state index >= 15 is 0 Å². The number of nitrogens with zero attached hydrogens (tertiary/aromatic N) is 4. The Balaban J connectivity index is 2.41. The number of rotatable bonds is 0. The average Bonchev–Trinajstić information content (AvgIpc) is 2.88. The van der Waals surface area contributed by atoms with E-state index in [1.165, 1.54) is 0 Å². The largest absolute Gasteiger partial charge is 0.274 e. The Morgan fingerprint density at radius 3 is 2.82 bits per heavy atom. The van der Waals surface area contributed by atoms with Crippen molar-refractivity contribution in [2.45, 2.75) is 0 Å². The van der Waals surface area contributed by atoms with Crippen LogP contribution in [-0.4, -0.2) is 17.1 Å². The van der Waals surface area contributed by atoms with Gasteiger partial charge in [0.05, 0.1) is 51.1 Å². The molecule has 0 radical (unpaired) electrons. The Hall–Kier alpha value is -1.63. The summed E-state index contributed by atoms with van der Waals surface area (Å²) in [7, 11) is 0. The summed E-state index contributed by atoms with van der Waals surface area (Å²) >= 11 is 2.27. The van der Waals surface area contributed by atoms with E-state index in [0.29, 0.717) is 0 Å². The molecule has 0 saturated carbocycles. The van der Waals surface area contributed by atoms with Crippen LogP contribution in [0.3, 0.4) is 0 Å². The Bertz CT molecular complexity index is 859. The topological polar surface area (TPSA) is 35.1 Å². The van der Waals surface area contributed by atoms with Crippen LogP contribution in [0.25, 0.3) is 27.8 Å². The Kier molecular flexibility index (Phi) is 1.77. The standard InChI is InChI=1S/C12H7IN4/c13-17-10-5-6-14-7-11(10)16-9-4-2-1-3-8(9)15-12(16)17/h1-7H. The van der Waals surface area contributed by atoms with Crippen LogP contribution < -0.4 is 0 Å². The first-order valence-electron chi connectivity index (χ1n) is 5.24. The first-order valence-corrected chi connectivity index (χ1v) is 6.20. The fourth-order valence-corrected chi connectivity index (χ4v) is 2.94. The predicted molar refractivity (Wildman–Crippen MR) is 75.4 cm³/mol. The molecule has 1 aromatic carbocycles. The summed E-state index contributed by atoms with van der Waals surface area (Å²) in [5, 5.41) is 0. The summed E-state index contributed by atoms with van der Waals surface area (Å²) in [5.74, 6) is 0.940. The number of hydrogen-bond acceptors (Lipinski definition) is 2. The molecule has 0 spiro atoms. The van der Waals surface area contributed by atoms with Gasteiger partial charge < -0.3 is 0 Å². The zero-order chi connectivity index (χ0) is 11.4. The third-order valence-corrected chi connectivity index (χ3v) is 3.90. The molecule has 0 aliphatic heterocycles. The van der Waals surface area contributed by atoms with E-state index in [9.17, 15) is 0 Å². The van der Waals surface area contributed by atoms with Gasteiger partial charge in [0.1, 0.15) is 0 Å². The van der Waals surface area contributed by atoms with Gasteiger partial charge in [0, 0.05) is 6.20 Å². The highest BCUT2D eigenvalue weighted by Gasteiger charge is 2.13. The number of pyridine rings is 1. The maximum Gasteiger partial charge on any atom is 0.225 e. The number of fused-ring (bicyclic) bond motifs is 5. The van der Waals surface area contributed by atoms with Crippen molar-refractivity contribution >= 4 is 50.7 Å². The molecule has 4 rings (SSSR count). The molecule has 0 atom stereocenters. The smallest absolute Gasteiger partial charge is 0.225 e. The van der Waals surface area contributed by atoms with E-state index in [4.69, 9.17) is 0 Å². The Morgan fingerprint density at radius 2 is 1.88 bits per heavy atom. The lowest BCUT2D eigenvalue weighted by Crippen LogP contribution is -1.80. The maximum absolute atomic E-state index is 4.64. The molecule has 5 heteroatoms. The highest BCUT2D eigenvalue weighted by molar-refractivity contribution is 14.1. The number of imidazole rings is 2.